The second-order valence-corrected chi connectivity index (χ2v) is 11.8. The molecule has 0 saturated heterocycles. The molecule has 0 unspecified atom stereocenters. The maximum Gasteiger partial charge on any atom is 0.244 e. The number of rotatable bonds is 12. The Labute approximate surface area is 238 Å². The number of hydrogen-bond acceptors (Lipinski definition) is 4. The number of nitrogens with zero attached hydrogens (tertiary/aromatic N) is 2. The van der Waals surface area contributed by atoms with Gasteiger partial charge >= 0.3 is 0 Å². The molecule has 0 bridgehead atoms. The third-order valence-electron chi connectivity index (χ3n) is 6.44. The van der Waals surface area contributed by atoms with Gasteiger partial charge in [0.2, 0.25) is 21.8 Å². The first-order chi connectivity index (χ1) is 18.9. The quantitative estimate of drug-likeness (QED) is 0.323. The van der Waals surface area contributed by atoms with E-state index in [0.717, 1.165) is 28.3 Å². The number of nitrogens with one attached hydrogen (secondary N) is 1. The minimum absolute atomic E-state index is 0.0308. The van der Waals surface area contributed by atoms with Gasteiger partial charge in [-0.05, 0) is 43.2 Å². The Morgan fingerprint density at radius 2 is 1.62 bits per heavy atom. The number of carbonyl (C=O) groups excluding carboxylic acids is 2. The van der Waals surface area contributed by atoms with Gasteiger partial charge < -0.3 is 10.2 Å². The lowest BCUT2D eigenvalue weighted by molar-refractivity contribution is -0.140. The van der Waals surface area contributed by atoms with Crippen molar-refractivity contribution in [2.24, 2.45) is 0 Å². The van der Waals surface area contributed by atoms with Crippen LogP contribution in [0.4, 0.5) is 14.5 Å². The summed E-state index contributed by atoms with van der Waals surface area (Å²) >= 11 is 5.89. The molecule has 3 aromatic rings. The van der Waals surface area contributed by atoms with Crippen molar-refractivity contribution >= 4 is 39.1 Å². The highest BCUT2D eigenvalue weighted by Gasteiger charge is 2.34. The Hall–Kier alpha value is -3.50. The van der Waals surface area contributed by atoms with E-state index in [1.54, 1.807) is 30.3 Å². The van der Waals surface area contributed by atoms with Crippen molar-refractivity contribution in [3.63, 3.8) is 0 Å². The Morgan fingerprint density at radius 3 is 2.23 bits per heavy atom. The zero-order valence-corrected chi connectivity index (χ0v) is 24.1. The molecule has 0 aliphatic heterocycles. The van der Waals surface area contributed by atoms with Crippen molar-refractivity contribution in [3.05, 3.63) is 101 Å². The Bertz CT molecular complexity index is 1440. The average molecular weight is 592 g/mol. The predicted molar refractivity (Wildman–Crippen MR) is 152 cm³/mol. The standard InChI is InChI=1S/C29H32ClF2N3O4S/c1-4-20(2)33-29(37)27(16-21-10-6-5-7-11-21)34(18-22-12-8-9-13-25(22)31)28(36)19-35(40(3,38)39)23-14-15-26(32)24(30)17-23/h5-15,17,20,27H,4,16,18-19H2,1-3H3,(H,33,37)/t20-,27-/m0/s1. The Balaban J connectivity index is 2.08. The van der Waals surface area contributed by atoms with Crippen LogP contribution in [0.15, 0.2) is 72.8 Å². The number of halogens is 3. The normalized spacial score (nSPS) is 12.8. The summed E-state index contributed by atoms with van der Waals surface area (Å²) < 4.78 is 54.9. The van der Waals surface area contributed by atoms with E-state index in [2.05, 4.69) is 5.32 Å². The fraction of sp³-hybridized carbons (Fsp3) is 0.310. The lowest BCUT2D eigenvalue weighted by Crippen LogP contribution is -2.54. The predicted octanol–water partition coefficient (Wildman–Crippen LogP) is 4.94. The Morgan fingerprint density at radius 1 is 0.975 bits per heavy atom. The summed E-state index contributed by atoms with van der Waals surface area (Å²) in [5, 5.41) is 2.57. The van der Waals surface area contributed by atoms with Crippen LogP contribution in [-0.2, 0) is 32.6 Å². The van der Waals surface area contributed by atoms with Crippen molar-refractivity contribution in [1.82, 2.24) is 10.2 Å². The van der Waals surface area contributed by atoms with Crippen LogP contribution in [0.2, 0.25) is 5.02 Å². The van der Waals surface area contributed by atoms with Crippen LogP contribution in [0.3, 0.4) is 0 Å². The molecule has 11 heteroatoms. The molecule has 3 aromatic carbocycles. The van der Waals surface area contributed by atoms with Gasteiger partial charge in [0.05, 0.1) is 17.0 Å². The van der Waals surface area contributed by atoms with Gasteiger partial charge in [-0.2, -0.15) is 0 Å². The number of carbonyl (C=O) groups is 2. The first-order valence-corrected chi connectivity index (χ1v) is 14.9. The topological polar surface area (TPSA) is 86.8 Å². The van der Waals surface area contributed by atoms with Gasteiger partial charge in [0, 0.05) is 24.6 Å². The molecular weight excluding hydrogens is 560 g/mol. The van der Waals surface area contributed by atoms with Gasteiger partial charge in [0.25, 0.3) is 0 Å². The number of benzene rings is 3. The third-order valence-corrected chi connectivity index (χ3v) is 7.87. The van der Waals surface area contributed by atoms with Crippen LogP contribution < -0.4 is 9.62 Å². The van der Waals surface area contributed by atoms with E-state index in [1.807, 2.05) is 19.9 Å². The molecule has 0 saturated carbocycles. The molecule has 0 aliphatic rings. The monoisotopic (exact) mass is 591 g/mol. The minimum atomic E-state index is -4.05. The maximum atomic E-state index is 14.8. The van der Waals surface area contributed by atoms with Crippen molar-refractivity contribution in [3.8, 4) is 0 Å². The van der Waals surface area contributed by atoms with Crippen LogP contribution in [0.1, 0.15) is 31.4 Å². The van der Waals surface area contributed by atoms with Gasteiger partial charge in [-0.25, -0.2) is 17.2 Å². The summed E-state index contributed by atoms with van der Waals surface area (Å²) in [7, 11) is -4.05. The van der Waals surface area contributed by atoms with Crippen LogP contribution in [0.25, 0.3) is 0 Å². The second kappa shape index (κ2) is 13.7. The lowest BCUT2D eigenvalue weighted by atomic mass is 10.0. The van der Waals surface area contributed by atoms with E-state index in [9.17, 15) is 26.8 Å². The van der Waals surface area contributed by atoms with E-state index in [1.165, 1.54) is 29.2 Å². The zero-order valence-electron chi connectivity index (χ0n) is 22.5. The van der Waals surface area contributed by atoms with E-state index in [4.69, 9.17) is 11.6 Å². The van der Waals surface area contributed by atoms with Gasteiger partial charge in [-0.1, -0.05) is 67.1 Å². The summed E-state index contributed by atoms with van der Waals surface area (Å²) in [4.78, 5) is 28.7. The van der Waals surface area contributed by atoms with Gasteiger partial charge in [0.1, 0.15) is 24.2 Å². The molecule has 214 valence electrons. The zero-order chi connectivity index (χ0) is 29.4. The molecule has 1 N–H and O–H groups in total. The molecule has 7 nitrogen and oxygen atoms in total. The molecule has 2 atom stereocenters. The van der Waals surface area contributed by atoms with E-state index in [0.29, 0.717) is 6.42 Å². The highest BCUT2D eigenvalue weighted by Crippen LogP contribution is 2.25. The van der Waals surface area contributed by atoms with Gasteiger partial charge in [-0.15, -0.1) is 0 Å². The second-order valence-electron chi connectivity index (χ2n) is 9.50. The molecule has 0 heterocycles. The van der Waals surface area contributed by atoms with Crippen LogP contribution >= 0.6 is 11.6 Å². The molecular formula is C29H32ClF2N3O4S. The van der Waals surface area contributed by atoms with E-state index < -0.39 is 46.1 Å². The first-order valence-electron chi connectivity index (χ1n) is 12.7. The molecule has 0 spiro atoms. The first kappa shape index (κ1) is 31.0. The summed E-state index contributed by atoms with van der Waals surface area (Å²) in [5.41, 5.74) is 0.876. The minimum Gasteiger partial charge on any atom is -0.352 e. The fourth-order valence-corrected chi connectivity index (χ4v) is 5.08. The average Bonchev–Trinajstić information content (AvgIpc) is 2.91. The van der Waals surface area contributed by atoms with Crippen LogP contribution in [-0.4, -0.2) is 50.0 Å². The summed E-state index contributed by atoms with van der Waals surface area (Å²) in [5.74, 6) is -2.55. The van der Waals surface area contributed by atoms with Gasteiger partial charge in [-0.3, -0.25) is 13.9 Å². The molecule has 3 rings (SSSR count). The molecule has 0 aliphatic carbocycles. The maximum absolute atomic E-state index is 14.8. The van der Waals surface area contributed by atoms with E-state index >= 15 is 0 Å². The van der Waals surface area contributed by atoms with Crippen molar-refractivity contribution in [1.29, 1.82) is 0 Å². The summed E-state index contributed by atoms with van der Waals surface area (Å²) in [6.07, 6.45) is 1.64. The molecule has 40 heavy (non-hydrogen) atoms. The van der Waals surface area contributed by atoms with Gasteiger partial charge in [0.15, 0.2) is 0 Å². The third kappa shape index (κ3) is 8.25. The number of anilines is 1. The summed E-state index contributed by atoms with van der Waals surface area (Å²) in [6.45, 7) is 2.71. The van der Waals surface area contributed by atoms with Crippen molar-refractivity contribution in [2.75, 3.05) is 17.1 Å². The van der Waals surface area contributed by atoms with Crippen molar-refractivity contribution in [2.45, 2.75) is 45.3 Å². The lowest BCUT2D eigenvalue weighted by Gasteiger charge is -2.34. The molecule has 2 amide bonds. The summed E-state index contributed by atoms with van der Waals surface area (Å²) in [6, 6.07) is 16.9. The Kier molecular flexibility index (Phi) is 10.6. The molecule has 0 radical (unpaired) electrons. The highest BCUT2D eigenvalue weighted by molar-refractivity contribution is 7.92. The SMILES string of the molecule is CC[C@H](C)NC(=O)[C@H](Cc1ccccc1)N(Cc1ccccc1F)C(=O)CN(c1ccc(F)c(Cl)c1)S(C)(=O)=O. The van der Waals surface area contributed by atoms with Crippen molar-refractivity contribution < 1.29 is 26.8 Å². The number of sulfonamides is 1. The number of amides is 2. The smallest absolute Gasteiger partial charge is 0.244 e. The fourth-order valence-electron chi connectivity index (χ4n) is 4.06. The molecule has 0 fully saturated rings. The van der Waals surface area contributed by atoms with Crippen LogP contribution in [0.5, 0.6) is 0 Å². The molecule has 0 aromatic heterocycles. The number of hydrogen-bond donors (Lipinski definition) is 1. The highest BCUT2D eigenvalue weighted by atomic mass is 35.5. The largest absolute Gasteiger partial charge is 0.352 e. The van der Waals surface area contributed by atoms with E-state index in [-0.39, 0.29) is 35.3 Å². The van der Waals surface area contributed by atoms with Crippen LogP contribution in [0, 0.1) is 11.6 Å².